The Labute approximate surface area is 100.0 Å². The summed E-state index contributed by atoms with van der Waals surface area (Å²) in [5.41, 5.74) is 0.788. The summed E-state index contributed by atoms with van der Waals surface area (Å²) >= 11 is 0. The molecule has 0 aromatic carbocycles. The van der Waals surface area contributed by atoms with Gasteiger partial charge in [0, 0.05) is 19.6 Å². The molecule has 3 aliphatic rings. The Bertz CT molecular complexity index is 231. The zero-order valence-electron chi connectivity index (χ0n) is 10.7. The van der Waals surface area contributed by atoms with Gasteiger partial charge in [0.2, 0.25) is 0 Å². The molecule has 2 aliphatic heterocycles. The maximum atomic E-state index is 2.72. The average molecular weight is 222 g/mol. The molecule has 2 saturated heterocycles. The maximum absolute atomic E-state index is 2.72. The number of likely N-dealkylation sites (tertiary alicyclic amines) is 2. The third-order valence-electron chi connectivity index (χ3n) is 4.97. The van der Waals surface area contributed by atoms with E-state index in [0.29, 0.717) is 0 Å². The zero-order chi connectivity index (χ0) is 11.0. The van der Waals surface area contributed by atoms with E-state index in [2.05, 4.69) is 16.7 Å². The fourth-order valence-electron chi connectivity index (χ4n) is 4.19. The fourth-order valence-corrected chi connectivity index (χ4v) is 4.19. The summed E-state index contributed by atoms with van der Waals surface area (Å²) < 4.78 is 0. The highest BCUT2D eigenvalue weighted by atomic mass is 15.2. The van der Waals surface area contributed by atoms with Crippen molar-refractivity contribution < 1.29 is 0 Å². The van der Waals surface area contributed by atoms with Gasteiger partial charge in [0.05, 0.1) is 0 Å². The minimum atomic E-state index is 0.788. The average Bonchev–Trinajstić information content (AvgIpc) is 2.21. The van der Waals surface area contributed by atoms with Crippen molar-refractivity contribution in [2.45, 2.75) is 39.0 Å². The van der Waals surface area contributed by atoms with Gasteiger partial charge in [0.1, 0.15) is 0 Å². The van der Waals surface area contributed by atoms with Gasteiger partial charge in [-0.05, 0) is 56.7 Å². The molecule has 0 N–H and O–H groups in total. The van der Waals surface area contributed by atoms with Crippen LogP contribution < -0.4 is 0 Å². The smallest absolute Gasteiger partial charge is 0.00506 e. The van der Waals surface area contributed by atoms with Gasteiger partial charge in [-0.2, -0.15) is 0 Å². The second-order valence-electron chi connectivity index (χ2n) is 6.44. The van der Waals surface area contributed by atoms with Crippen molar-refractivity contribution >= 4 is 0 Å². The van der Waals surface area contributed by atoms with Crippen LogP contribution in [0.3, 0.4) is 0 Å². The summed E-state index contributed by atoms with van der Waals surface area (Å²) in [7, 11) is 0. The molecule has 0 bridgehead atoms. The normalized spacial score (nSPS) is 31.3. The summed E-state index contributed by atoms with van der Waals surface area (Å²) in [5.74, 6) is 1.04. The van der Waals surface area contributed by atoms with Crippen LogP contribution in [0.2, 0.25) is 0 Å². The lowest BCUT2D eigenvalue weighted by molar-refractivity contribution is -0.0987. The van der Waals surface area contributed by atoms with Crippen LogP contribution in [0.5, 0.6) is 0 Å². The first-order valence-electron chi connectivity index (χ1n) is 7.24. The van der Waals surface area contributed by atoms with E-state index in [0.717, 1.165) is 11.3 Å². The second-order valence-corrected chi connectivity index (χ2v) is 6.44. The van der Waals surface area contributed by atoms with Gasteiger partial charge in [-0.15, -0.1) is 0 Å². The highest BCUT2D eigenvalue weighted by molar-refractivity contribution is 5.04. The summed E-state index contributed by atoms with van der Waals surface area (Å²) in [4.78, 5) is 5.31. The maximum Gasteiger partial charge on any atom is 0.00506 e. The monoisotopic (exact) mass is 222 g/mol. The summed E-state index contributed by atoms with van der Waals surface area (Å²) in [6.45, 7) is 10.5. The highest BCUT2D eigenvalue weighted by Gasteiger charge is 2.51. The van der Waals surface area contributed by atoms with Crippen molar-refractivity contribution in [2.24, 2.45) is 11.3 Å². The standard InChI is InChI=1S/C14H26N2/c1-2-15-11-14(12-15)8-13(9-14)10-16-6-4-3-5-7-16/h13H,2-12H2,1H3. The van der Waals surface area contributed by atoms with Gasteiger partial charge in [0.15, 0.2) is 0 Å². The van der Waals surface area contributed by atoms with Crippen LogP contribution in [0.25, 0.3) is 0 Å². The molecule has 1 aliphatic carbocycles. The van der Waals surface area contributed by atoms with E-state index < -0.39 is 0 Å². The number of piperidine rings is 1. The fraction of sp³-hybridized carbons (Fsp3) is 1.00. The van der Waals surface area contributed by atoms with Crippen LogP contribution in [-0.2, 0) is 0 Å². The molecule has 0 amide bonds. The lowest BCUT2D eigenvalue weighted by Crippen LogP contribution is -2.63. The molecule has 3 rings (SSSR count). The first-order valence-corrected chi connectivity index (χ1v) is 7.24. The molecule has 2 heteroatoms. The predicted octanol–water partition coefficient (Wildman–Crippen LogP) is 2.20. The Morgan fingerprint density at radius 3 is 2.31 bits per heavy atom. The van der Waals surface area contributed by atoms with E-state index in [1.165, 1.54) is 71.4 Å². The van der Waals surface area contributed by atoms with Crippen LogP contribution in [0.4, 0.5) is 0 Å². The molecule has 0 aromatic rings. The quantitative estimate of drug-likeness (QED) is 0.722. The van der Waals surface area contributed by atoms with Crippen molar-refractivity contribution in [1.29, 1.82) is 0 Å². The summed E-state index contributed by atoms with van der Waals surface area (Å²) in [6.07, 6.45) is 7.42. The molecule has 0 atom stereocenters. The third-order valence-corrected chi connectivity index (χ3v) is 4.97. The first kappa shape index (κ1) is 11.0. The third kappa shape index (κ3) is 2.02. The van der Waals surface area contributed by atoms with E-state index >= 15 is 0 Å². The molecule has 1 saturated carbocycles. The number of nitrogens with zero attached hydrogens (tertiary/aromatic N) is 2. The molecule has 3 fully saturated rings. The SMILES string of the molecule is CCN1CC2(CC(CN3CCCCC3)C2)C1. The summed E-state index contributed by atoms with van der Waals surface area (Å²) in [5, 5.41) is 0. The highest BCUT2D eigenvalue weighted by Crippen LogP contribution is 2.51. The van der Waals surface area contributed by atoms with E-state index in [4.69, 9.17) is 0 Å². The van der Waals surface area contributed by atoms with Gasteiger partial charge >= 0.3 is 0 Å². The van der Waals surface area contributed by atoms with E-state index in [1.807, 2.05) is 0 Å². The molecule has 16 heavy (non-hydrogen) atoms. The number of rotatable bonds is 3. The number of hydrogen-bond donors (Lipinski definition) is 0. The van der Waals surface area contributed by atoms with Crippen LogP contribution >= 0.6 is 0 Å². The predicted molar refractivity (Wildman–Crippen MR) is 67.6 cm³/mol. The molecule has 2 heterocycles. The first-order chi connectivity index (χ1) is 7.80. The Morgan fingerprint density at radius 2 is 1.69 bits per heavy atom. The second kappa shape index (κ2) is 4.30. The van der Waals surface area contributed by atoms with Crippen LogP contribution in [0.1, 0.15) is 39.0 Å². The van der Waals surface area contributed by atoms with Crippen molar-refractivity contribution in [3.05, 3.63) is 0 Å². The molecule has 92 valence electrons. The number of hydrogen-bond acceptors (Lipinski definition) is 2. The van der Waals surface area contributed by atoms with Crippen molar-refractivity contribution in [1.82, 2.24) is 9.80 Å². The Kier molecular flexibility index (Phi) is 2.97. The van der Waals surface area contributed by atoms with E-state index in [1.54, 1.807) is 0 Å². The Hall–Kier alpha value is -0.0800. The molecule has 1 spiro atoms. The van der Waals surface area contributed by atoms with Gasteiger partial charge < -0.3 is 9.80 Å². The Balaban J connectivity index is 1.38. The molecule has 0 unspecified atom stereocenters. The van der Waals surface area contributed by atoms with Gasteiger partial charge in [-0.3, -0.25) is 0 Å². The molecule has 0 radical (unpaired) electrons. The largest absolute Gasteiger partial charge is 0.303 e. The van der Waals surface area contributed by atoms with Gasteiger partial charge in [-0.1, -0.05) is 13.3 Å². The van der Waals surface area contributed by atoms with E-state index in [-0.39, 0.29) is 0 Å². The van der Waals surface area contributed by atoms with Gasteiger partial charge in [-0.25, -0.2) is 0 Å². The molecular weight excluding hydrogens is 196 g/mol. The summed E-state index contributed by atoms with van der Waals surface area (Å²) in [6, 6.07) is 0. The topological polar surface area (TPSA) is 6.48 Å². The molecule has 0 aromatic heterocycles. The lowest BCUT2D eigenvalue weighted by atomic mass is 9.57. The molecular formula is C14H26N2. The molecule has 2 nitrogen and oxygen atoms in total. The van der Waals surface area contributed by atoms with Crippen molar-refractivity contribution in [2.75, 3.05) is 39.3 Å². The Morgan fingerprint density at radius 1 is 1.00 bits per heavy atom. The zero-order valence-corrected chi connectivity index (χ0v) is 10.7. The van der Waals surface area contributed by atoms with E-state index in [9.17, 15) is 0 Å². The lowest BCUT2D eigenvalue weighted by Gasteiger charge is -2.60. The van der Waals surface area contributed by atoms with Crippen molar-refractivity contribution in [3.63, 3.8) is 0 Å². The van der Waals surface area contributed by atoms with Crippen LogP contribution in [0, 0.1) is 11.3 Å². The minimum absolute atomic E-state index is 0.788. The van der Waals surface area contributed by atoms with Gasteiger partial charge in [0.25, 0.3) is 0 Å². The minimum Gasteiger partial charge on any atom is -0.303 e. The van der Waals surface area contributed by atoms with Crippen molar-refractivity contribution in [3.8, 4) is 0 Å². The van der Waals surface area contributed by atoms with Crippen LogP contribution in [0.15, 0.2) is 0 Å². The van der Waals surface area contributed by atoms with Crippen LogP contribution in [-0.4, -0.2) is 49.1 Å².